The first kappa shape index (κ1) is 10.9. The van der Waals surface area contributed by atoms with Gasteiger partial charge in [-0.2, -0.15) is 0 Å². The zero-order valence-corrected chi connectivity index (χ0v) is 8.04. The number of rotatable bonds is 3. The highest BCUT2D eigenvalue weighted by Crippen LogP contribution is 2.13. The second-order valence-corrected chi connectivity index (χ2v) is 2.76. The van der Waals surface area contributed by atoms with Gasteiger partial charge in [0.2, 0.25) is 6.20 Å². The van der Waals surface area contributed by atoms with Crippen molar-refractivity contribution in [3.05, 3.63) is 46.1 Å². The lowest BCUT2D eigenvalue weighted by Crippen LogP contribution is -2.00. The number of hydrogen-bond acceptors (Lipinski definition) is 4. The fraction of sp³-hybridized carbons (Fsp3) is 0.100. The Labute approximate surface area is 86.1 Å². The molecule has 5 heteroatoms. The molecule has 1 aromatic rings. The molecule has 0 fully saturated rings. The summed E-state index contributed by atoms with van der Waals surface area (Å²) >= 11 is 0. The number of hydrogen-bond donors (Lipinski definition) is 0. The highest BCUT2D eigenvalue weighted by atomic mass is 16.6. The van der Waals surface area contributed by atoms with Crippen LogP contribution in [0, 0.1) is 10.1 Å². The molecule has 0 aliphatic heterocycles. The van der Waals surface area contributed by atoms with Crippen LogP contribution in [0.5, 0.6) is 5.75 Å². The summed E-state index contributed by atoms with van der Waals surface area (Å²) in [5.74, 6) is 0.0179. The molecule has 78 valence electrons. The van der Waals surface area contributed by atoms with E-state index in [2.05, 4.69) is 0 Å². The minimum absolute atomic E-state index is 0.399. The number of nitro groups is 1. The van der Waals surface area contributed by atoms with Gasteiger partial charge in [0.1, 0.15) is 5.75 Å². The van der Waals surface area contributed by atoms with E-state index in [1.165, 1.54) is 13.0 Å². The first-order valence-electron chi connectivity index (χ1n) is 4.18. The Morgan fingerprint density at radius 2 is 2.00 bits per heavy atom. The van der Waals surface area contributed by atoms with Gasteiger partial charge in [-0.05, 0) is 17.7 Å². The molecule has 0 saturated heterocycles. The first-order valence-corrected chi connectivity index (χ1v) is 4.18. The maximum Gasteiger partial charge on any atom is 0.308 e. The molecule has 0 saturated carbocycles. The summed E-state index contributed by atoms with van der Waals surface area (Å²) in [7, 11) is 0. The van der Waals surface area contributed by atoms with Crippen LogP contribution in [0.15, 0.2) is 30.5 Å². The van der Waals surface area contributed by atoms with Gasteiger partial charge in [-0.1, -0.05) is 12.1 Å². The van der Waals surface area contributed by atoms with Crippen LogP contribution >= 0.6 is 0 Å². The summed E-state index contributed by atoms with van der Waals surface area (Å²) in [4.78, 5) is 20.1. The summed E-state index contributed by atoms with van der Waals surface area (Å²) in [6, 6.07) is 6.39. The maximum absolute atomic E-state index is 10.6. The van der Waals surface area contributed by atoms with Crippen LogP contribution in [-0.2, 0) is 4.79 Å². The number of carbonyl (C=O) groups is 1. The molecule has 0 amide bonds. The van der Waals surface area contributed by atoms with Crippen molar-refractivity contribution in [2.24, 2.45) is 0 Å². The molecule has 0 N–H and O–H groups in total. The Hall–Kier alpha value is -2.17. The molecule has 0 heterocycles. The number of carbonyl (C=O) groups excluding carboxylic acids is 1. The Kier molecular flexibility index (Phi) is 3.56. The molecule has 1 rings (SSSR count). The standard InChI is InChI=1S/C10H9NO4/c1-8(12)15-10-4-2-9(3-5-10)6-7-11(13)14/h2-7H,1H3/b7-6-. The van der Waals surface area contributed by atoms with Crippen LogP contribution in [0.2, 0.25) is 0 Å². The van der Waals surface area contributed by atoms with Crippen LogP contribution in [0.3, 0.4) is 0 Å². The van der Waals surface area contributed by atoms with Crippen LogP contribution in [0.4, 0.5) is 0 Å². The van der Waals surface area contributed by atoms with E-state index < -0.39 is 10.9 Å². The Bertz CT molecular complexity index is 394. The van der Waals surface area contributed by atoms with E-state index in [9.17, 15) is 14.9 Å². The minimum Gasteiger partial charge on any atom is -0.427 e. The second kappa shape index (κ2) is 4.90. The third kappa shape index (κ3) is 4.04. The Morgan fingerprint density at radius 3 is 2.47 bits per heavy atom. The van der Waals surface area contributed by atoms with Gasteiger partial charge in [0.25, 0.3) is 0 Å². The molecule has 5 nitrogen and oxygen atoms in total. The molecule has 0 radical (unpaired) electrons. The van der Waals surface area contributed by atoms with E-state index >= 15 is 0 Å². The highest BCUT2D eigenvalue weighted by Gasteiger charge is 1.97. The van der Waals surface area contributed by atoms with Gasteiger partial charge in [0.05, 0.1) is 4.92 Å². The first-order chi connectivity index (χ1) is 7.08. The summed E-state index contributed by atoms with van der Waals surface area (Å²) < 4.78 is 4.80. The highest BCUT2D eigenvalue weighted by molar-refractivity contribution is 5.69. The monoisotopic (exact) mass is 207 g/mol. The third-order valence-corrected chi connectivity index (χ3v) is 1.53. The van der Waals surface area contributed by atoms with Crippen molar-refractivity contribution >= 4 is 12.0 Å². The fourth-order valence-corrected chi connectivity index (χ4v) is 0.960. The summed E-state index contributed by atoms with van der Waals surface area (Å²) in [6.45, 7) is 1.31. The zero-order chi connectivity index (χ0) is 11.3. The predicted molar refractivity (Wildman–Crippen MR) is 53.8 cm³/mol. The second-order valence-electron chi connectivity index (χ2n) is 2.76. The van der Waals surface area contributed by atoms with Crippen LogP contribution in [0.25, 0.3) is 6.08 Å². The largest absolute Gasteiger partial charge is 0.427 e. The maximum atomic E-state index is 10.6. The van der Waals surface area contributed by atoms with Crippen molar-refractivity contribution in [1.82, 2.24) is 0 Å². The Balaban J connectivity index is 2.72. The number of benzene rings is 1. The van der Waals surface area contributed by atoms with Gasteiger partial charge in [-0.3, -0.25) is 14.9 Å². The normalized spacial score (nSPS) is 10.2. The lowest BCUT2D eigenvalue weighted by molar-refractivity contribution is -0.400. The van der Waals surface area contributed by atoms with E-state index in [1.54, 1.807) is 24.3 Å². The smallest absolute Gasteiger partial charge is 0.308 e. The molecule has 0 atom stereocenters. The summed E-state index contributed by atoms with van der Waals surface area (Å²) in [5.41, 5.74) is 0.669. The molecule has 1 aromatic carbocycles. The molecule has 0 spiro atoms. The Morgan fingerprint density at radius 1 is 1.40 bits per heavy atom. The molecule has 0 aliphatic rings. The molecule has 0 unspecified atom stereocenters. The number of esters is 1. The fourth-order valence-electron chi connectivity index (χ4n) is 0.960. The van der Waals surface area contributed by atoms with Gasteiger partial charge in [0, 0.05) is 13.0 Å². The number of nitrogens with zero attached hydrogens (tertiary/aromatic N) is 1. The lowest BCUT2D eigenvalue weighted by atomic mass is 10.2. The quantitative estimate of drug-likeness (QED) is 0.328. The van der Waals surface area contributed by atoms with Crippen LogP contribution < -0.4 is 4.74 Å². The number of ether oxygens (including phenoxy) is 1. The summed E-state index contributed by atoms with van der Waals surface area (Å²) in [5, 5.41) is 10.0. The van der Waals surface area contributed by atoms with E-state index in [4.69, 9.17) is 4.74 Å². The molecular weight excluding hydrogens is 198 g/mol. The molecule has 0 aromatic heterocycles. The van der Waals surface area contributed by atoms with E-state index in [0.717, 1.165) is 6.20 Å². The minimum atomic E-state index is -0.542. The van der Waals surface area contributed by atoms with Gasteiger partial charge >= 0.3 is 5.97 Å². The van der Waals surface area contributed by atoms with Crippen molar-refractivity contribution in [3.8, 4) is 5.75 Å². The van der Waals surface area contributed by atoms with Crippen molar-refractivity contribution in [1.29, 1.82) is 0 Å². The average molecular weight is 207 g/mol. The van der Waals surface area contributed by atoms with Crippen molar-refractivity contribution < 1.29 is 14.5 Å². The van der Waals surface area contributed by atoms with Gasteiger partial charge in [0.15, 0.2) is 0 Å². The van der Waals surface area contributed by atoms with Gasteiger partial charge in [-0.25, -0.2) is 0 Å². The SMILES string of the molecule is CC(=O)Oc1ccc(/C=C\[N+](=O)[O-])cc1. The zero-order valence-electron chi connectivity index (χ0n) is 8.04. The van der Waals surface area contributed by atoms with Crippen LogP contribution in [0.1, 0.15) is 12.5 Å². The van der Waals surface area contributed by atoms with E-state index in [1.807, 2.05) is 0 Å². The van der Waals surface area contributed by atoms with E-state index in [-0.39, 0.29) is 0 Å². The van der Waals surface area contributed by atoms with Gasteiger partial charge in [-0.15, -0.1) is 0 Å². The van der Waals surface area contributed by atoms with Crippen molar-refractivity contribution in [2.45, 2.75) is 6.92 Å². The molecule has 0 aliphatic carbocycles. The van der Waals surface area contributed by atoms with Crippen molar-refractivity contribution in [3.63, 3.8) is 0 Å². The van der Waals surface area contributed by atoms with Crippen molar-refractivity contribution in [2.75, 3.05) is 0 Å². The van der Waals surface area contributed by atoms with Crippen LogP contribution in [-0.4, -0.2) is 10.9 Å². The van der Waals surface area contributed by atoms with Gasteiger partial charge < -0.3 is 4.74 Å². The summed E-state index contributed by atoms with van der Waals surface area (Å²) in [6.07, 6.45) is 2.21. The lowest BCUT2D eigenvalue weighted by Gasteiger charge is -1.99. The van der Waals surface area contributed by atoms with E-state index in [0.29, 0.717) is 11.3 Å². The third-order valence-electron chi connectivity index (χ3n) is 1.53. The molecule has 15 heavy (non-hydrogen) atoms. The average Bonchev–Trinajstić information content (AvgIpc) is 2.16. The molecule has 0 bridgehead atoms. The molecular formula is C10H9NO4. The predicted octanol–water partition coefficient (Wildman–Crippen LogP) is 1.86. The topological polar surface area (TPSA) is 69.4 Å².